The zero-order chi connectivity index (χ0) is 12.8. The average Bonchev–Trinajstić information content (AvgIpc) is 2.60. The van der Waals surface area contributed by atoms with Gasteiger partial charge >= 0.3 is 0 Å². The van der Waals surface area contributed by atoms with Crippen LogP contribution in [0.15, 0.2) is 0 Å². The summed E-state index contributed by atoms with van der Waals surface area (Å²) in [5, 5.41) is 4.51. The number of thiazole rings is 1. The third-order valence-corrected chi connectivity index (χ3v) is 3.82. The van der Waals surface area contributed by atoms with Crippen molar-refractivity contribution in [1.29, 1.82) is 0 Å². The maximum absolute atomic E-state index is 5.32. The molecule has 1 rings (SSSR count). The number of likely N-dealkylation sites (N-methyl/N-ethyl adjacent to an activating group) is 1. The number of nitrogens with one attached hydrogen (secondary N) is 1. The predicted octanol–water partition coefficient (Wildman–Crippen LogP) is 1.90. The van der Waals surface area contributed by atoms with Gasteiger partial charge < -0.3 is 14.8 Å². The molecule has 17 heavy (non-hydrogen) atoms. The maximum atomic E-state index is 5.32. The molecule has 1 aromatic rings. The van der Waals surface area contributed by atoms with Crippen LogP contribution in [0.5, 0.6) is 0 Å². The minimum absolute atomic E-state index is 0.139. The Morgan fingerprint density at radius 3 is 2.35 bits per heavy atom. The fourth-order valence-corrected chi connectivity index (χ4v) is 2.76. The first-order valence-corrected chi connectivity index (χ1v) is 6.65. The lowest BCUT2D eigenvalue weighted by Crippen LogP contribution is -2.43. The van der Waals surface area contributed by atoms with E-state index in [0.717, 1.165) is 23.7 Å². The summed E-state index contributed by atoms with van der Waals surface area (Å²) >= 11 is 1.74. The molecule has 0 aromatic carbocycles. The van der Waals surface area contributed by atoms with Gasteiger partial charge in [0, 0.05) is 25.5 Å². The Balaban J connectivity index is 2.71. The van der Waals surface area contributed by atoms with Gasteiger partial charge in [-0.05, 0) is 20.4 Å². The van der Waals surface area contributed by atoms with Gasteiger partial charge in [0.15, 0.2) is 6.29 Å². The summed E-state index contributed by atoms with van der Waals surface area (Å²) in [7, 11) is 3.33. The summed E-state index contributed by atoms with van der Waals surface area (Å²) in [6.45, 7) is 7.11. The number of methoxy groups -OCH3 is 2. The largest absolute Gasteiger partial charge is 0.354 e. The van der Waals surface area contributed by atoms with Crippen molar-refractivity contribution >= 4 is 11.3 Å². The van der Waals surface area contributed by atoms with Gasteiger partial charge in [-0.15, -0.1) is 11.3 Å². The van der Waals surface area contributed by atoms with Crippen LogP contribution < -0.4 is 5.32 Å². The average molecular weight is 258 g/mol. The Labute approximate surface area is 107 Å². The molecule has 0 aliphatic carbocycles. The molecule has 1 N–H and O–H groups in total. The van der Waals surface area contributed by atoms with Crippen molar-refractivity contribution in [3.8, 4) is 0 Å². The quantitative estimate of drug-likeness (QED) is 0.759. The fourth-order valence-electron chi connectivity index (χ4n) is 1.77. The van der Waals surface area contributed by atoms with Crippen LogP contribution in [0.4, 0.5) is 0 Å². The molecule has 0 spiro atoms. The topological polar surface area (TPSA) is 43.4 Å². The zero-order valence-corrected chi connectivity index (χ0v) is 12.1. The Hall–Kier alpha value is -0.490. The number of nitrogens with zero attached hydrogens (tertiary/aromatic N) is 1. The van der Waals surface area contributed by atoms with Gasteiger partial charge in [0.25, 0.3) is 0 Å². The lowest BCUT2D eigenvalue weighted by atomic mass is 10.2. The molecule has 0 radical (unpaired) electrons. The molecule has 0 aliphatic heterocycles. The van der Waals surface area contributed by atoms with E-state index in [9.17, 15) is 0 Å². The minimum atomic E-state index is -0.237. The van der Waals surface area contributed by atoms with E-state index in [1.165, 1.54) is 4.88 Å². The van der Waals surface area contributed by atoms with E-state index in [1.807, 2.05) is 6.92 Å². The van der Waals surface area contributed by atoms with E-state index in [0.29, 0.717) is 0 Å². The third kappa shape index (κ3) is 4.03. The van der Waals surface area contributed by atoms with E-state index in [2.05, 4.69) is 24.1 Å². The molecular formula is C12H22N2O2S. The molecule has 98 valence electrons. The molecule has 0 aliphatic rings. The first-order valence-electron chi connectivity index (χ1n) is 5.84. The van der Waals surface area contributed by atoms with E-state index >= 15 is 0 Å². The van der Waals surface area contributed by atoms with Gasteiger partial charge in [-0.1, -0.05) is 6.92 Å². The number of aryl methyl sites for hydroxylation is 2. The zero-order valence-electron chi connectivity index (χ0n) is 11.2. The number of aromatic nitrogens is 1. The van der Waals surface area contributed by atoms with E-state index in [1.54, 1.807) is 25.6 Å². The van der Waals surface area contributed by atoms with Crippen LogP contribution in [0.3, 0.4) is 0 Å². The molecular weight excluding hydrogens is 236 g/mol. The third-order valence-electron chi connectivity index (χ3n) is 2.73. The molecule has 1 unspecified atom stereocenters. The van der Waals surface area contributed by atoms with Crippen LogP contribution in [0.25, 0.3) is 0 Å². The molecule has 0 fully saturated rings. The summed E-state index contributed by atoms with van der Waals surface area (Å²) in [5.41, 5.74) is 1.12. The van der Waals surface area contributed by atoms with Crippen LogP contribution >= 0.6 is 11.3 Å². The van der Waals surface area contributed by atoms with Crippen molar-refractivity contribution in [2.24, 2.45) is 0 Å². The van der Waals surface area contributed by atoms with Crippen molar-refractivity contribution < 1.29 is 9.47 Å². The molecule has 0 amide bonds. The summed E-state index contributed by atoms with van der Waals surface area (Å²) in [6.07, 6.45) is 0.596. The fraction of sp³-hybridized carbons (Fsp3) is 0.750. The van der Waals surface area contributed by atoms with Gasteiger partial charge in [0.05, 0.1) is 16.7 Å². The maximum Gasteiger partial charge on any atom is 0.172 e. The van der Waals surface area contributed by atoms with Gasteiger partial charge in [-0.3, -0.25) is 0 Å². The minimum Gasteiger partial charge on any atom is -0.354 e. The molecule has 0 bridgehead atoms. The lowest BCUT2D eigenvalue weighted by Gasteiger charge is -2.24. The second-order valence-electron chi connectivity index (χ2n) is 3.96. The van der Waals surface area contributed by atoms with E-state index in [-0.39, 0.29) is 12.3 Å². The highest BCUT2D eigenvalue weighted by Gasteiger charge is 2.21. The molecule has 5 heteroatoms. The standard InChI is InChI=1S/C12H22N2O2S/c1-6-13-10(12(15-4)16-5)7-11-14-8(2)9(3)17-11/h10,12-13H,6-7H2,1-5H3. The van der Waals surface area contributed by atoms with E-state index < -0.39 is 0 Å². The number of hydrogen-bond donors (Lipinski definition) is 1. The summed E-state index contributed by atoms with van der Waals surface area (Å²) in [6, 6.07) is 0.139. The number of ether oxygens (including phenoxy) is 2. The molecule has 0 saturated carbocycles. The van der Waals surface area contributed by atoms with Gasteiger partial charge in [-0.25, -0.2) is 4.98 Å². The van der Waals surface area contributed by atoms with Gasteiger partial charge in [0.2, 0.25) is 0 Å². The van der Waals surface area contributed by atoms with Crippen molar-refractivity contribution in [3.63, 3.8) is 0 Å². The molecule has 1 atom stereocenters. The second-order valence-corrected chi connectivity index (χ2v) is 5.25. The van der Waals surface area contributed by atoms with Crippen LogP contribution in [0, 0.1) is 13.8 Å². The van der Waals surface area contributed by atoms with Crippen LogP contribution in [-0.2, 0) is 15.9 Å². The second kappa shape index (κ2) is 7.06. The first kappa shape index (κ1) is 14.6. The highest BCUT2D eigenvalue weighted by molar-refractivity contribution is 7.11. The Kier molecular flexibility index (Phi) is 6.05. The van der Waals surface area contributed by atoms with Crippen LogP contribution in [0.2, 0.25) is 0 Å². The summed E-state index contributed by atoms with van der Waals surface area (Å²) in [5.74, 6) is 0. The summed E-state index contributed by atoms with van der Waals surface area (Å²) < 4.78 is 10.6. The van der Waals surface area contributed by atoms with Gasteiger partial charge in [0.1, 0.15) is 0 Å². The predicted molar refractivity (Wildman–Crippen MR) is 70.6 cm³/mol. The first-order chi connectivity index (χ1) is 8.12. The Morgan fingerprint density at radius 1 is 1.29 bits per heavy atom. The highest BCUT2D eigenvalue weighted by Crippen LogP contribution is 2.19. The normalized spacial score (nSPS) is 13.3. The monoisotopic (exact) mass is 258 g/mol. The number of hydrogen-bond acceptors (Lipinski definition) is 5. The molecule has 4 nitrogen and oxygen atoms in total. The molecule has 0 saturated heterocycles. The van der Waals surface area contributed by atoms with Gasteiger partial charge in [-0.2, -0.15) is 0 Å². The van der Waals surface area contributed by atoms with E-state index in [4.69, 9.17) is 9.47 Å². The number of rotatable bonds is 7. The highest BCUT2D eigenvalue weighted by atomic mass is 32.1. The van der Waals surface area contributed by atoms with Crippen molar-refractivity contribution in [2.45, 2.75) is 39.5 Å². The van der Waals surface area contributed by atoms with Crippen molar-refractivity contribution in [1.82, 2.24) is 10.3 Å². The molecule has 1 aromatic heterocycles. The Morgan fingerprint density at radius 2 is 1.94 bits per heavy atom. The van der Waals surface area contributed by atoms with Crippen molar-refractivity contribution in [2.75, 3.05) is 20.8 Å². The smallest absolute Gasteiger partial charge is 0.172 e. The van der Waals surface area contributed by atoms with Crippen molar-refractivity contribution in [3.05, 3.63) is 15.6 Å². The lowest BCUT2D eigenvalue weighted by molar-refractivity contribution is -0.122. The van der Waals surface area contributed by atoms with Crippen LogP contribution in [-0.4, -0.2) is 38.1 Å². The SMILES string of the molecule is CCNC(Cc1nc(C)c(C)s1)C(OC)OC. The molecule has 1 heterocycles. The summed E-state index contributed by atoms with van der Waals surface area (Å²) in [4.78, 5) is 5.83. The van der Waals surface area contributed by atoms with Crippen LogP contribution in [0.1, 0.15) is 22.5 Å². The Bertz CT molecular complexity index is 318.